The zero-order valence-corrected chi connectivity index (χ0v) is 28.5. The summed E-state index contributed by atoms with van der Waals surface area (Å²) in [6, 6.07) is 10.1. The zero-order chi connectivity index (χ0) is 31.9. The first-order chi connectivity index (χ1) is 20.6. The predicted octanol–water partition coefficient (Wildman–Crippen LogP) is 8.22. The molecule has 1 amide bonds. The lowest BCUT2D eigenvalue weighted by molar-refractivity contribution is -0.248. The lowest BCUT2D eigenvalue weighted by Crippen LogP contribution is -2.68. The Morgan fingerprint density at radius 3 is 2.25 bits per heavy atom. The summed E-state index contributed by atoms with van der Waals surface area (Å²) >= 11 is 0. The summed E-state index contributed by atoms with van der Waals surface area (Å²) in [5, 5.41) is 3.29. The minimum atomic E-state index is -0.743. The van der Waals surface area contributed by atoms with Crippen LogP contribution in [-0.2, 0) is 25.7 Å². The average molecular weight is 602 g/mol. The Kier molecular flexibility index (Phi) is 7.57. The molecule has 5 nitrogen and oxygen atoms in total. The van der Waals surface area contributed by atoms with Crippen molar-refractivity contribution in [1.29, 1.82) is 0 Å². The molecule has 5 aliphatic carbocycles. The first kappa shape index (κ1) is 31.5. The molecule has 0 bridgehead atoms. The van der Waals surface area contributed by atoms with Gasteiger partial charge in [0.1, 0.15) is 6.10 Å². The van der Waals surface area contributed by atoms with Gasteiger partial charge in [0.2, 0.25) is 5.91 Å². The third-order valence-electron chi connectivity index (χ3n) is 14.3. The molecule has 44 heavy (non-hydrogen) atoms. The van der Waals surface area contributed by atoms with Crippen molar-refractivity contribution >= 4 is 17.7 Å². The Balaban J connectivity index is 1.41. The molecule has 0 aromatic heterocycles. The summed E-state index contributed by atoms with van der Waals surface area (Å²) in [6.45, 7) is 18.7. The molecule has 0 radical (unpaired) electrons. The topological polar surface area (TPSA) is 72.5 Å². The van der Waals surface area contributed by atoms with Crippen LogP contribution in [0.25, 0.3) is 0 Å². The molecule has 1 N–H and O–H groups in total. The van der Waals surface area contributed by atoms with Crippen molar-refractivity contribution in [2.75, 3.05) is 0 Å². The van der Waals surface area contributed by atoms with Crippen molar-refractivity contribution in [3.8, 4) is 0 Å². The second kappa shape index (κ2) is 10.6. The van der Waals surface area contributed by atoms with E-state index in [0.717, 1.165) is 62.5 Å². The number of Topliss-reactive ketones (excluding diaryl/α,β-unsaturated/α-hetero) is 1. The summed E-state index contributed by atoms with van der Waals surface area (Å²) in [6.07, 6.45) is 8.23. The number of hydrogen-bond acceptors (Lipinski definition) is 4. The number of carbonyl (C=O) groups is 3. The fourth-order valence-electron chi connectivity index (χ4n) is 12.2. The monoisotopic (exact) mass is 601 g/mol. The normalized spacial score (nSPS) is 40.9. The van der Waals surface area contributed by atoms with Crippen molar-refractivity contribution in [1.82, 2.24) is 5.32 Å². The first-order valence-corrected chi connectivity index (χ1v) is 17.4. The highest BCUT2D eigenvalue weighted by atomic mass is 16.5. The van der Waals surface area contributed by atoms with Gasteiger partial charge in [-0.25, -0.2) is 0 Å². The number of esters is 1. The molecule has 5 heteroatoms. The van der Waals surface area contributed by atoms with Crippen LogP contribution < -0.4 is 5.32 Å². The molecule has 240 valence electrons. The number of carbonyl (C=O) groups excluding carboxylic acids is 3. The van der Waals surface area contributed by atoms with Gasteiger partial charge in [0.25, 0.3) is 0 Å². The van der Waals surface area contributed by atoms with E-state index >= 15 is 0 Å². The standard InChI is InChI=1S/C39H55NO4/c1-24(2)32-28(42)22-39(34(43)40-23-26-12-10-9-11-13-26)21-20-36(6)27(33(32)39)14-15-30-37(36,7)19-16-29-35(4,5)18-17-31(38(29,30)8)44-25(3)41/h9-13,24,27,29-31H,14-23H2,1-8H3,(H,40,43)/t27-,29+,30+,31?,36-,37-,38+,39-/m1/s1. The number of ether oxygens (including phenoxy) is 1. The number of fused-ring (bicyclic) bond motifs is 7. The van der Waals surface area contributed by atoms with Crippen LogP contribution in [0.2, 0.25) is 0 Å². The van der Waals surface area contributed by atoms with Crippen molar-refractivity contribution in [2.45, 2.75) is 126 Å². The minimum absolute atomic E-state index is 0.0143. The Morgan fingerprint density at radius 2 is 1.59 bits per heavy atom. The number of hydrogen-bond donors (Lipinski definition) is 1. The van der Waals surface area contributed by atoms with Crippen LogP contribution in [0.5, 0.6) is 0 Å². The van der Waals surface area contributed by atoms with Gasteiger partial charge in [0.15, 0.2) is 5.78 Å². The van der Waals surface area contributed by atoms with Crippen molar-refractivity contribution in [3.05, 3.63) is 47.0 Å². The quantitative estimate of drug-likeness (QED) is 0.345. The maximum Gasteiger partial charge on any atom is 0.302 e. The van der Waals surface area contributed by atoms with Gasteiger partial charge in [-0.15, -0.1) is 0 Å². The second-order valence-corrected chi connectivity index (χ2v) is 16.9. The maximum absolute atomic E-state index is 14.3. The zero-order valence-electron chi connectivity index (χ0n) is 28.5. The first-order valence-electron chi connectivity index (χ1n) is 17.4. The van der Waals surface area contributed by atoms with Crippen LogP contribution in [0.3, 0.4) is 0 Å². The predicted molar refractivity (Wildman–Crippen MR) is 173 cm³/mol. The molecular weight excluding hydrogens is 546 g/mol. The molecule has 5 aliphatic rings. The molecule has 8 atom stereocenters. The highest BCUT2D eigenvalue weighted by molar-refractivity contribution is 6.06. The Morgan fingerprint density at radius 1 is 0.886 bits per heavy atom. The van der Waals surface area contributed by atoms with Crippen molar-refractivity contribution < 1.29 is 19.1 Å². The summed E-state index contributed by atoms with van der Waals surface area (Å²) in [4.78, 5) is 40.6. The highest BCUT2D eigenvalue weighted by Gasteiger charge is 2.72. The van der Waals surface area contributed by atoms with E-state index in [1.807, 2.05) is 30.3 Å². The van der Waals surface area contributed by atoms with Crippen LogP contribution in [-0.4, -0.2) is 23.8 Å². The van der Waals surface area contributed by atoms with E-state index < -0.39 is 5.41 Å². The third kappa shape index (κ3) is 4.33. The van der Waals surface area contributed by atoms with E-state index in [0.29, 0.717) is 24.8 Å². The van der Waals surface area contributed by atoms with E-state index in [2.05, 4.69) is 53.8 Å². The third-order valence-corrected chi connectivity index (χ3v) is 14.3. The van der Waals surface area contributed by atoms with Crippen LogP contribution in [0.15, 0.2) is 41.5 Å². The van der Waals surface area contributed by atoms with E-state index in [-0.39, 0.29) is 57.3 Å². The van der Waals surface area contributed by atoms with Gasteiger partial charge < -0.3 is 10.1 Å². The van der Waals surface area contributed by atoms with Gasteiger partial charge in [-0.1, -0.05) is 78.8 Å². The lowest BCUT2D eigenvalue weighted by Gasteiger charge is -2.72. The van der Waals surface area contributed by atoms with Crippen molar-refractivity contribution in [3.63, 3.8) is 0 Å². The largest absolute Gasteiger partial charge is 0.462 e. The summed E-state index contributed by atoms with van der Waals surface area (Å²) in [5.74, 6) is 1.26. The summed E-state index contributed by atoms with van der Waals surface area (Å²) in [7, 11) is 0. The Labute approximate surface area is 265 Å². The van der Waals surface area contributed by atoms with E-state index in [9.17, 15) is 14.4 Å². The number of allylic oxidation sites excluding steroid dienone is 1. The fourth-order valence-corrected chi connectivity index (χ4v) is 12.2. The van der Waals surface area contributed by atoms with Crippen molar-refractivity contribution in [2.24, 2.45) is 50.7 Å². The number of amides is 1. The molecule has 0 aliphatic heterocycles. The number of nitrogens with one attached hydrogen (secondary N) is 1. The van der Waals surface area contributed by atoms with Crippen LogP contribution in [0, 0.1) is 50.7 Å². The Bertz CT molecular complexity index is 1380. The molecule has 4 saturated carbocycles. The molecule has 1 unspecified atom stereocenters. The fraction of sp³-hybridized carbons (Fsp3) is 0.718. The molecule has 1 aromatic carbocycles. The summed E-state index contributed by atoms with van der Waals surface area (Å²) in [5.41, 5.74) is 2.53. The van der Waals surface area contributed by atoms with Crippen LogP contribution in [0.1, 0.15) is 119 Å². The second-order valence-electron chi connectivity index (χ2n) is 16.9. The van der Waals surface area contributed by atoms with Gasteiger partial charge in [0.05, 0.1) is 5.41 Å². The van der Waals surface area contributed by atoms with Crippen LogP contribution >= 0.6 is 0 Å². The lowest BCUT2D eigenvalue weighted by atomic mass is 9.32. The van der Waals surface area contributed by atoms with Gasteiger partial charge in [-0.3, -0.25) is 14.4 Å². The maximum atomic E-state index is 14.3. The van der Waals surface area contributed by atoms with Crippen LogP contribution in [0.4, 0.5) is 0 Å². The SMILES string of the molecule is CC(=O)OC1CCC(C)(C)[C@@H]2CC[C@]3(C)[C@H](CC[C@@H]4C5=C(C(C)C)C(=O)C[C@]5(C(=O)NCc5ccccc5)CC[C@]43C)[C@@]12C. The van der Waals surface area contributed by atoms with E-state index in [1.54, 1.807) is 6.92 Å². The molecule has 0 heterocycles. The number of rotatable bonds is 5. The molecule has 0 spiro atoms. The Hall–Kier alpha value is -2.43. The molecule has 1 aromatic rings. The summed E-state index contributed by atoms with van der Waals surface area (Å²) < 4.78 is 6.22. The number of benzene rings is 1. The average Bonchev–Trinajstić information content (AvgIpc) is 3.27. The number of ketones is 1. The molecule has 6 rings (SSSR count). The smallest absolute Gasteiger partial charge is 0.302 e. The highest BCUT2D eigenvalue weighted by Crippen LogP contribution is 2.76. The van der Waals surface area contributed by atoms with E-state index in [1.165, 1.54) is 5.57 Å². The van der Waals surface area contributed by atoms with Gasteiger partial charge >= 0.3 is 5.97 Å². The van der Waals surface area contributed by atoms with Gasteiger partial charge in [-0.2, -0.15) is 0 Å². The molecule has 0 saturated heterocycles. The van der Waals surface area contributed by atoms with Gasteiger partial charge in [-0.05, 0) is 108 Å². The molecular formula is C39H55NO4. The van der Waals surface area contributed by atoms with E-state index in [4.69, 9.17) is 4.74 Å². The minimum Gasteiger partial charge on any atom is -0.462 e. The van der Waals surface area contributed by atoms with Gasteiger partial charge in [0, 0.05) is 25.3 Å². The molecule has 4 fully saturated rings.